The van der Waals surface area contributed by atoms with Crippen molar-refractivity contribution in [2.24, 2.45) is 4.99 Å². The smallest absolute Gasteiger partial charge is 0.335 e. The number of aliphatic imine (C=N–C) groups is 1. The number of carboxylic acid groups (broad SMARTS) is 1. The lowest BCUT2D eigenvalue weighted by Gasteiger charge is -2.17. The Morgan fingerprint density at radius 2 is 1.77 bits per heavy atom. The Labute approximate surface area is 149 Å². The zero-order valence-electron chi connectivity index (χ0n) is 13.5. The van der Waals surface area contributed by atoms with E-state index >= 15 is 0 Å². The van der Waals surface area contributed by atoms with Crippen molar-refractivity contribution in [3.05, 3.63) is 59.7 Å². The zero-order valence-corrected chi connectivity index (χ0v) is 14.3. The summed E-state index contributed by atoms with van der Waals surface area (Å²) in [7, 11) is -3.85. The van der Waals surface area contributed by atoms with Crippen molar-refractivity contribution < 1.29 is 23.1 Å². The highest BCUT2D eigenvalue weighted by molar-refractivity contribution is 7.90. The van der Waals surface area contributed by atoms with Crippen LogP contribution in [0.4, 0.5) is 5.69 Å². The first-order valence-corrected chi connectivity index (χ1v) is 9.17. The van der Waals surface area contributed by atoms with Gasteiger partial charge in [0.05, 0.1) is 11.3 Å². The molecule has 1 amide bonds. The van der Waals surface area contributed by atoms with Crippen molar-refractivity contribution in [3.8, 4) is 0 Å². The van der Waals surface area contributed by atoms with Crippen LogP contribution in [0.25, 0.3) is 0 Å². The van der Waals surface area contributed by atoms with E-state index in [0.29, 0.717) is 5.56 Å². The Morgan fingerprint density at radius 1 is 1.08 bits per heavy atom. The number of para-hydroxylation sites is 1. The van der Waals surface area contributed by atoms with E-state index in [-0.39, 0.29) is 34.9 Å². The van der Waals surface area contributed by atoms with Crippen LogP contribution in [0.3, 0.4) is 0 Å². The van der Waals surface area contributed by atoms with Gasteiger partial charge in [0.1, 0.15) is 4.90 Å². The van der Waals surface area contributed by atoms with Crippen molar-refractivity contribution >= 4 is 33.4 Å². The van der Waals surface area contributed by atoms with Gasteiger partial charge in [0.25, 0.3) is 15.9 Å². The highest BCUT2D eigenvalue weighted by Crippen LogP contribution is 2.26. The molecule has 0 saturated heterocycles. The molecule has 9 heteroatoms. The zero-order chi connectivity index (χ0) is 18.7. The second kappa shape index (κ2) is 6.96. The summed E-state index contributed by atoms with van der Waals surface area (Å²) in [5, 5.41) is 11.7. The second-order valence-corrected chi connectivity index (χ2v) is 7.15. The van der Waals surface area contributed by atoms with Crippen LogP contribution in [0, 0.1) is 0 Å². The van der Waals surface area contributed by atoms with Crippen LogP contribution < -0.4 is 10.0 Å². The van der Waals surface area contributed by atoms with Gasteiger partial charge in [-0.2, -0.15) is 0 Å². The van der Waals surface area contributed by atoms with E-state index in [0.717, 1.165) is 0 Å². The number of carbonyl (C=O) groups is 2. The van der Waals surface area contributed by atoms with Gasteiger partial charge in [0, 0.05) is 6.54 Å². The van der Waals surface area contributed by atoms with Gasteiger partial charge < -0.3 is 10.4 Å². The number of amides is 1. The van der Waals surface area contributed by atoms with Gasteiger partial charge in [0.15, 0.2) is 0 Å². The van der Waals surface area contributed by atoms with Crippen LogP contribution in [-0.4, -0.2) is 37.8 Å². The van der Waals surface area contributed by atoms with Gasteiger partial charge in [-0.25, -0.2) is 18.2 Å². The monoisotopic (exact) mass is 373 g/mol. The molecule has 3 rings (SSSR count). The molecule has 134 valence electrons. The van der Waals surface area contributed by atoms with Gasteiger partial charge in [-0.05, 0) is 30.2 Å². The van der Waals surface area contributed by atoms with Crippen molar-refractivity contribution in [1.29, 1.82) is 0 Å². The Balaban J connectivity index is 1.70. The van der Waals surface area contributed by atoms with Crippen LogP contribution in [-0.2, 0) is 21.2 Å². The number of hydrogen-bond donors (Lipinski definition) is 3. The standard InChI is InChI=1S/C17H15N3O5S/c21-16(18-10-9-11-5-1-2-6-12(11)17(22)23)15-19-13-7-3-4-8-14(13)26(24,25)20-15/h1-8H,9-10H2,(H,18,21)(H,19,20)(H,22,23). The number of carboxylic acids is 1. The summed E-state index contributed by atoms with van der Waals surface area (Å²) in [4.78, 5) is 27.4. The molecule has 26 heavy (non-hydrogen) atoms. The van der Waals surface area contributed by atoms with Crippen molar-refractivity contribution in [2.45, 2.75) is 11.3 Å². The predicted octanol–water partition coefficient (Wildman–Crippen LogP) is 1.07. The average Bonchev–Trinajstić information content (AvgIpc) is 2.61. The molecule has 1 aliphatic heterocycles. The van der Waals surface area contributed by atoms with Crippen LogP contribution >= 0.6 is 0 Å². The number of sulfonamides is 1. The number of fused-ring (bicyclic) bond motifs is 1. The third-order valence-electron chi connectivity index (χ3n) is 3.76. The summed E-state index contributed by atoms with van der Waals surface area (Å²) >= 11 is 0. The molecule has 0 fully saturated rings. The summed E-state index contributed by atoms with van der Waals surface area (Å²) in [6.07, 6.45) is 0.283. The van der Waals surface area contributed by atoms with Crippen LogP contribution in [0.5, 0.6) is 0 Å². The van der Waals surface area contributed by atoms with Gasteiger partial charge in [0.2, 0.25) is 5.84 Å². The molecule has 0 spiro atoms. The van der Waals surface area contributed by atoms with Gasteiger partial charge in [-0.3, -0.25) is 9.52 Å². The molecule has 0 aromatic heterocycles. The van der Waals surface area contributed by atoms with Gasteiger partial charge in [-0.15, -0.1) is 0 Å². The van der Waals surface area contributed by atoms with E-state index in [1.54, 1.807) is 30.3 Å². The quantitative estimate of drug-likeness (QED) is 0.723. The molecule has 0 unspecified atom stereocenters. The summed E-state index contributed by atoms with van der Waals surface area (Å²) in [5.41, 5.74) is 0.913. The van der Waals surface area contributed by atoms with E-state index in [9.17, 15) is 18.0 Å². The molecule has 8 nitrogen and oxygen atoms in total. The predicted molar refractivity (Wildman–Crippen MR) is 94.0 cm³/mol. The minimum Gasteiger partial charge on any atom is -0.478 e. The van der Waals surface area contributed by atoms with E-state index < -0.39 is 21.9 Å². The maximum absolute atomic E-state index is 12.2. The fourth-order valence-corrected chi connectivity index (χ4v) is 3.69. The molecule has 1 heterocycles. The van der Waals surface area contributed by atoms with Crippen molar-refractivity contribution in [3.63, 3.8) is 0 Å². The second-order valence-electron chi connectivity index (χ2n) is 5.50. The Morgan fingerprint density at radius 3 is 2.54 bits per heavy atom. The largest absolute Gasteiger partial charge is 0.478 e. The molecular weight excluding hydrogens is 358 g/mol. The maximum atomic E-state index is 12.2. The number of amidine groups is 1. The fraction of sp³-hybridized carbons (Fsp3) is 0.118. The lowest BCUT2D eigenvalue weighted by molar-refractivity contribution is -0.114. The third kappa shape index (κ3) is 3.57. The van der Waals surface area contributed by atoms with E-state index in [2.05, 4.69) is 15.0 Å². The van der Waals surface area contributed by atoms with Gasteiger partial charge >= 0.3 is 5.97 Å². The molecule has 0 radical (unpaired) electrons. The number of hydrogen-bond acceptors (Lipinski definition) is 5. The minimum absolute atomic E-state index is 0.00642. The molecule has 1 aliphatic rings. The molecule has 0 saturated carbocycles. The molecule has 0 bridgehead atoms. The maximum Gasteiger partial charge on any atom is 0.335 e. The molecule has 3 N–H and O–H groups in total. The fourth-order valence-electron chi connectivity index (χ4n) is 2.54. The molecule has 2 aromatic rings. The summed E-state index contributed by atoms with van der Waals surface area (Å²) in [6, 6.07) is 12.6. The van der Waals surface area contributed by atoms with Crippen molar-refractivity contribution in [1.82, 2.24) is 10.0 Å². The van der Waals surface area contributed by atoms with Crippen LogP contribution in [0.1, 0.15) is 15.9 Å². The lowest BCUT2D eigenvalue weighted by atomic mass is 10.0. The first-order valence-electron chi connectivity index (χ1n) is 7.68. The summed E-state index contributed by atoms with van der Waals surface area (Å²) < 4.78 is 26.5. The van der Waals surface area contributed by atoms with Crippen LogP contribution in [0.15, 0.2) is 58.4 Å². The normalized spacial score (nSPS) is 14.5. The minimum atomic E-state index is -3.85. The number of carbonyl (C=O) groups excluding carboxylic acids is 1. The number of benzene rings is 2. The summed E-state index contributed by atoms with van der Waals surface area (Å²) in [5.74, 6) is -2.06. The van der Waals surface area contributed by atoms with E-state index in [1.165, 1.54) is 18.2 Å². The van der Waals surface area contributed by atoms with E-state index in [4.69, 9.17) is 5.11 Å². The topological polar surface area (TPSA) is 125 Å². The first kappa shape index (κ1) is 17.6. The Bertz CT molecular complexity index is 1010. The lowest BCUT2D eigenvalue weighted by Crippen LogP contribution is -2.44. The van der Waals surface area contributed by atoms with Crippen molar-refractivity contribution in [2.75, 3.05) is 6.54 Å². The molecule has 0 aliphatic carbocycles. The SMILES string of the molecule is O=C(NCCc1ccccc1C(=O)O)C1=Nc2ccccc2S(=O)(=O)N1. The molecule has 2 aromatic carbocycles. The molecular formula is C17H15N3O5S. The van der Waals surface area contributed by atoms with E-state index in [1.807, 2.05) is 0 Å². The number of nitrogens with zero attached hydrogens (tertiary/aromatic N) is 1. The molecule has 0 atom stereocenters. The number of nitrogens with one attached hydrogen (secondary N) is 2. The number of aromatic carboxylic acids is 1. The number of rotatable bonds is 5. The highest BCUT2D eigenvalue weighted by atomic mass is 32.2. The average molecular weight is 373 g/mol. The van der Waals surface area contributed by atoms with Gasteiger partial charge in [-0.1, -0.05) is 30.3 Å². The highest BCUT2D eigenvalue weighted by Gasteiger charge is 2.28. The van der Waals surface area contributed by atoms with Crippen LogP contribution in [0.2, 0.25) is 0 Å². The Hall–Kier alpha value is -3.20. The Kier molecular flexibility index (Phi) is 4.72. The third-order valence-corrected chi connectivity index (χ3v) is 5.15. The first-order chi connectivity index (χ1) is 12.4. The summed E-state index contributed by atoms with van der Waals surface area (Å²) in [6.45, 7) is 0.130.